The van der Waals surface area contributed by atoms with Crippen molar-refractivity contribution in [3.8, 4) is 11.5 Å². The van der Waals surface area contributed by atoms with Crippen molar-refractivity contribution in [1.29, 1.82) is 0 Å². The highest BCUT2D eigenvalue weighted by molar-refractivity contribution is 7.92. The molecule has 0 atom stereocenters. The smallest absolute Gasteiger partial charge is 0.265 e. The largest absolute Gasteiger partial charge is 0.497 e. The Bertz CT molecular complexity index is 970. The van der Waals surface area contributed by atoms with Crippen molar-refractivity contribution in [1.82, 2.24) is 4.72 Å². The van der Waals surface area contributed by atoms with Gasteiger partial charge in [-0.25, -0.2) is 21.6 Å². The maximum absolute atomic E-state index is 12.7. The molecule has 0 bridgehead atoms. The molecule has 0 amide bonds. The number of benzene rings is 2. The lowest BCUT2D eigenvalue weighted by Crippen LogP contribution is -2.23. The van der Waals surface area contributed by atoms with E-state index in [4.69, 9.17) is 9.47 Å². The molecule has 0 unspecified atom stereocenters. The zero-order valence-corrected chi connectivity index (χ0v) is 16.1. The first-order valence-corrected chi connectivity index (χ1v) is 10.5. The quantitative estimate of drug-likeness (QED) is 0.699. The molecule has 2 rings (SSSR count). The zero-order chi connectivity index (χ0) is 19.4. The third kappa shape index (κ3) is 4.45. The van der Waals surface area contributed by atoms with Crippen LogP contribution in [0.1, 0.15) is 6.92 Å². The Hall–Kier alpha value is -2.30. The monoisotopic (exact) mass is 400 g/mol. The topological polar surface area (TPSA) is 111 Å². The van der Waals surface area contributed by atoms with Gasteiger partial charge in [0.05, 0.1) is 19.1 Å². The van der Waals surface area contributed by atoms with E-state index in [1.54, 1.807) is 13.0 Å². The maximum Gasteiger partial charge on any atom is 0.265 e. The Morgan fingerprint density at radius 1 is 0.885 bits per heavy atom. The summed E-state index contributed by atoms with van der Waals surface area (Å²) >= 11 is 0. The van der Waals surface area contributed by atoms with Crippen molar-refractivity contribution in [3.63, 3.8) is 0 Å². The average Bonchev–Trinajstić information content (AvgIpc) is 2.61. The Morgan fingerprint density at radius 3 is 2.08 bits per heavy atom. The van der Waals surface area contributed by atoms with Crippen LogP contribution in [0.3, 0.4) is 0 Å². The van der Waals surface area contributed by atoms with Gasteiger partial charge in [-0.15, -0.1) is 0 Å². The van der Waals surface area contributed by atoms with E-state index in [1.165, 1.54) is 50.6 Å². The molecule has 0 heterocycles. The highest BCUT2D eigenvalue weighted by Gasteiger charge is 2.21. The number of hydrogen-bond donors (Lipinski definition) is 2. The second kappa shape index (κ2) is 7.94. The fourth-order valence-electron chi connectivity index (χ4n) is 2.18. The van der Waals surface area contributed by atoms with Crippen LogP contribution in [0.15, 0.2) is 52.3 Å². The summed E-state index contributed by atoms with van der Waals surface area (Å²) in [7, 11) is -4.79. The lowest BCUT2D eigenvalue weighted by Gasteiger charge is -2.13. The zero-order valence-electron chi connectivity index (χ0n) is 14.5. The molecule has 0 aliphatic heterocycles. The second-order valence-corrected chi connectivity index (χ2v) is 8.57. The molecule has 8 nitrogen and oxygen atoms in total. The van der Waals surface area contributed by atoms with E-state index in [1.807, 2.05) is 0 Å². The van der Waals surface area contributed by atoms with E-state index >= 15 is 0 Å². The first-order chi connectivity index (χ1) is 12.2. The van der Waals surface area contributed by atoms with Crippen LogP contribution in [-0.2, 0) is 20.0 Å². The van der Waals surface area contributed by atoms with Crippen LogP contribution in [0.2, 0.25) is 0 Å². The predicted octanol–water partition coefficient (Wildman–Crippen LogP) is 1.80. The van der Waals surface area contributed by atoms with Crippen LogP contribution in [0.5, 0.6) is 11.5 Å². The van der Waals surface area contributed by atoms with Crippen molar-refractivity contribution >= 4 is 25.7 Å². The van der Waals surface area contributed by atoms with E-state index in [0.29, 0.717) is 5.75 Å². The third-order valence-electron chi connectivity index (χ3n) is 3.41. The number of ether oxygens (including phenoxy) is 2. The highest BCUT2D eigenvalue weighted by atomic mass is 32.2. The van der Waals surface area contributed by atoms with Gasteiger partial charge in [0.1, 0.15) is 16.4 Å². The summed E-state index contributed by atoms with van der Waals surface area (Å²) in [5.74, 6) is 0.517. The van der Waals surface area contributed by atoms with Crippen LogP contribution < -0.4 is 18.9 Å². The maximum atomic E-state index is 12.7. The minimum atomic E-state index is -3.97. The van der Waals surface area contributed by atoms with Gasteiger partial charge in [-0.3, -0.25) is 4.72 Å². The van der Waals surface area contributed by atoms with Gasteiger partial charge >= 0.3 is 0 Å². The third-order valence-corrected chi connectivity index (χ3v) is 6.38. The number of nitrogens with one attached hydrogen (secondary N) is 2. The first kappa shape index (κ1) is 20.0. The summed E-state index contributed by atoms with van der Waals surface area (Å²) < 4.78 is 64.1. The summed E-state index contributed by atoms with van der Waals surface area (Å²) in [5, 5.41) is 0. The van der Waals surface area contributed by atoms with Crippen LogP contribution in [0.4, 0.5) is 5.69 Å². The lowest BCUT2D eigenvalue weighted by atomic mass is 10.3. The molecule has 142 valence electrons. The van der Waals surface area contributed by atoms with Gasteiger partial charge < -0.3 is 9.47 Å². The van der Waals surface area contributed by atoms with Gasteiger partial charge in [0.15, 0.2) is 0 Å². The average molecular weight is 400 g/mol. The molecular formula is C16H20N2O6S2. The number of anilines is 1. The normalized spacial score (nSPS) is 11.8. The van der Waals surface area contributed by atoms with Gasteiger partial charge in [0.2, 0.25) is 10.0 Å². The summed E-state index contributed by atoms with van der Waals surface area (Å²) in [6, 6.07) is 9.78. The molecule has 0 aliphatic carbocycles. The second-order valence-electron chi connectivity index (χ2n) is 5.15. The Morgan fingerprint density at radius 2 is 1.54 bits per heavy atom. The molecule has 2 N–H and O–H groups in total. The molecule has 0 radical (unpaired) electrons. The molecule has 2 aromatic rings. The van der Waals surface area contributed by atoms with Gasteiger partial charge in [0.25, 0.3) is 10.0 Å². The summed E-state index contributed by atoms with van der Waals surface area (Å²) in [5.41, 5.74) is 0.213. The van der Waals surface area contributed by atoms with Crippen molar-refractivity contribution in [2.45, 2.75) is 16.7 Å². The standard InChI is InChI=1S/C16H20N2O6S2/c1-4-17-25(19,20)14-8-5-12(6-9-14)18-26(21,22)16-11-13(23-2)7-10-15(16)24-3/h5-11,17-18H,4H2,1-3H3. The number of rotatable bonds is 8. The van der Waals surface area contributed by atoms with Crippen LogP contribution in [-0.4, -0.2) is 37.6 Å². The van der Waals surface area contributed by atoms with E-state index < -0.39 is 20.0 Å². The van der Waals surface area contributed by atoms with Crippen molar-refractivity contribution in [2.75, 3.05) is 25.5 Å². The van der Waals surface area contributed by atoms with Crippen LogP contribution >= 0.6 is 0 Å². The first-order valence-electron chi connectivity index (χ1n) is 7.58. The molecule has 0 saturated carbocycles. The predicted molar refractivity (Wildman–Crippen MR) is 97.7 cm³/mol. The van der Waals surface area contributed by atoms with Crippen molar-refractivity contribution < 1.29 is 26.3 Å². The Labute approximate surface area is 153 Å². The van der Waals surface area contributed by atoms with Gasteiger partial charge in [-0.1, -0.05) is 6.92 Å². The van der Waals surface area contributed by atoms with E-state index in [0.717, 1.165) is 0 Å². The number of methoxy groups -OCH3 is 2. The lowest BCUT2D eigenvalue weighted by molar-refractivity contribution is 0.392. The van der Waals surface area contributed by atoms with Gasteiger partial charge in [-0.05, 0) is 36.4 Å². The molecule has 10 heteroatoms. The van der Waals surface area contributed by atoms with E-state index in [-0.39, 0.29) is 27.8 Å². The molecule has 0 spiro atoms. The minimum absolute atomic E-state index is 0.0428. The molecule has 0 aliphatic rings. The molecule has 0 fully saturated rings. The Kier molecular flexibility index (Phi) is 6.11. The van der Waals surface area contributed by atoms with Crippen LogP contribution in [0.25, 0.3) is 0 Å². The van der Waals surface area contributed by atoms with Crippen molar-refractivity contribution in [3.05, 3.63) is 42.5 Å². The highest BCUT2D eigenvalue weighted by Crippen LogP contribution is 2.29. The van der Waals surface area contributed by atoms with Gasteiger partial charge in [0, 0.05) is 18.3 Å². The SMILES string of the molecule is CCNS(=O)(=O)c1ccc(NS(=O)(=O)c2cc(OC)ccc2OC)cc1. The minimum Gasteiger partial charge on any atom is -0.497 e. The summed E-state index contributed by atoms with van der Waals surface area (Å²) in [6.07, 6.45) is 0. The van der Waals surface area contributed by atoms with E-state index in [9.17, 15) is 16.8 Å². The fourth-order valence-corrected chi connectivity index (χ4v) is 4.46. The summed E-state index contributed by atoms with van der Waals surface area (Å²) in [4.78, 5) is -0.0510. The molecule has 0 saturated heterocycles. The number of sulfonamides is 2. The van der Waals surface area contributed by atoms with Gasteiger partial charge in [-0.2, -0.15) is 0 Å². The van der Waals surface area contributed by atoms with E-state index in [2.05, 4.69) is 9.44 Å². The molecular weight excluding hydrogens is 380 g/mol. The number of hydrogen-bond acceptors (Lipinski definition) is 6. The fraction of sp³-hybridized carbons (Fsp3) is 0.250. The van der Waals surface area contributed by atoms with Crippen molar-refractivity contribution in [2.24, 2.45) is 0 Å². The molecule has 2 aromatic carbocycles. The summed E-state index contributed by atoms with van der Waals surface area (Å²) in [6.45, 7) is 1.92. The van der Waals surface area contributed by atoms with Crippen LogP contribution in [0, 0.1) is 0 Å². The molecule has 0 aromatic heterocycles. The molecule has 26 heavy (non-hydrogen) atoms. The Balaban J connectivity index is 2.33.